The van der Waals surface area contributed by atoms with Crippen molar-refractivity contribution in [2.75, 3.05) is 26.2 Å². The minimum absolute atomic E-state index is 0.427. The summed E-state index contributed by atoms with van der Waals surface area (Å²) in [6, 6.07) is 0.757. The van der Waals surface area contributed by atoms with Crippen molar-refractivity contribution in [2.45, 2.75) is 59.9 Å². The highest BCUT2D eigenvalue weighted by molar-refractivity contribution is 4.79. The van der Waals surface area contributed by atoms with Gasteiger partial charge in [-0.1, -0.05) is 34.6 Å². The molecule has 1 atom stereocenters. The summed E-state index contributed by atoms with van der Waals surface area (Å²) >= 11 is 0. The third-order valence-electron chi connectivity index (χ3n) is 4.32. The first kappa shape index (κ1) is 15.0. The molecule has 1 fully saturated rings. The van der Waals surface area contributed by atoms with Crippen LogP contribution in [0, 0.1) is 11.3 Å². The molecule has 1 saturated heterocycles. The van der Waals surface area contributed by atoms with E-state index in [1.807, 2.05) is 0 Å². The maximum Gasteiger partial charge on any atom is 0.00915 e. The van der Waals surface area contributed by atoms with Gasteiger partial charge in [0.2, 0.25) is 0 Å². The molecule has 1 aliphatic heterocycles. The van der Waals surface area contributed by atoms with E-state index in [-0.39, 0.29) is 0 Å². The molecule has 0 radical (unpaired) electrons. The molecule has 1 unspecified atom stereocenters. The minimum atomic E-state index is 0.427. The van der Waals surface area contributed by atoms with Crippen molar-refractivity contribution in [3.05, 3.63) is 0 Å². The SMILES string of the molecule is CCCN1CCC(NCC(C)C(C)(C)C)CC1. The molecule has 0 aromatic carbocycles. The van der Waals surface area contributed by atoms with Crippen LogP contribution in [0.15, 0.2) is 0 Å². The van der Waals surface area contributed by atoms with Crippen LogP contribution in [-0.4, -0.2) is 37.1 Å². The summed E-state index contributed by atoms with van der Waals surface area (Å²) in [5.41, 5.74) is 0.427. The molecule has 2 nitrogen and oxygen atoms in total. The summed E-state index contributed by atoms with van der Waals surface area (Å²) in [7, 11) is 0. The summed E-state index contributed by atoms with van der Waals surface area (Å²) in [5, 5.41) is 3.76. The standard InChI is InChI=1S/C15H32N2/c1-6-9-17-10-7-14(8-11-17)16-12-13(2)15(3,4)5/h13-14,16H,6-12H2,1-5H3. The molecule has 2 heteroatoms. The minimum Gasteiger partial charge on any atom is -0.314 e. The Labute approximate surface area is 108 Å². The second kappa shape index (κ2) is 6.75. The zero-order valence-electron chi connectivity index (χ0n) is 12.6. The van der Waals surface area contributed by atoms with Gasteiger partial charge in [-0.3, -0.25) is 0 Å². The smallest absolute Gasteiger partial charge is 0.00915 e. The third-order valence-corrected chi connectivity index (χ3v) is 4.32. The van der Waals surface area contributed by atoms with Crippen LogP contribution in [0.3, 0.4) is 0 Å². The molecule has 0 bridgehead atoms. The van der Waals surface area contributed by atoms with E-state index >= 15 is 0 Å². The van der Waals surface area contributed by atoms with Gasteiger partial charge in [-0.15, -0.1) is 0 Å². The summed E-state index contributed by atoms with van der Waals surface area (Å²) in [6.45, 7) is 16.7. The quantitative estimate of drug-likeness (QED) is 0.794. The topological polar surface area (TPSA) is 15.3 Å². The maximum atomic E-state index is 3.76. The highest BCUT2D eigenvalue weighted by Crippen LogP contribution is 2.24. The number of nitrogens with zero attached hydrogens (tertiary/aromatic N) is 1. The monoisotopic (exact) mass is 240 g/mol. The molecule has 0 saturated carbocycles. The molecule has 1 aliphatic rings. The molecular formula is C15H32N2. The number of hydrogen-bond acceptors (Lipinski definition) is 2. The number of piperidine rings is 1. The van der Waals surface area contributed by atoms with Crippen molar-refractivity contribution in [1.82, 2.24) is 10.2 Å². The Morgan fingerprint density at radius 1 is 1.24 bits per heavy atom. The first-order chi connectivity index (χ1) is 7.93. The summed E-state index contributed by atoms with van der Waals surface area (Å²) < 4.78 is 0. The summed E-state index contributed by atoms with van der Waals surface area (Å²) in [6.07, 6.45) is 3.95. The lowest BCUT2D eigenvalue weighted by molar-refractivity contribution is 0.183. The maximum absolute atomic E-state index is 3.76. The van der Waals surface area contributed by atoms with Crippen molar-refractivity contribution in [3.63, 3.8) is 0 Å². The van der Waals surface area contributed by atoms with E-state index in [2.05, 4.69) is 44.8 Å². The van der Waals surface area contributed by atoms with Gasteiger partial charge in [0.25, 0.3) is 0 Å². The molecule has 0 aromatic heterocycles. The van der Waals surface area contributed by atoms with Gasteiger partial charge in [-0.25, -0.2) is 0 Å². The Kier molecular flexibility index (Phi) is 5.94. The van der Waals surface area contributed by atoms with Crippen LogP contribution in [0.2, 0.25) is 0 Å². The van der Waals surface area contributed by atoms with Crippen LogP contribution in [0.25, 0.3) is 0 Å². The van der Waals surface area contributed by atoms with Gasteiger partial charge in [0.1, 0.15) is 0 Å². The van der Waals surface area contributed by atoms with Crippen LogP contribution in [0.5, 0.6) is 0 Å². The molecule has 0 aliphatic carbocycles. The third kappa shape index (κ3) is 5.39. The largest absolute Gasteiger partial charge is 0.314 e. The predicted octanol–water partition coefficient (Wildman–Crippen LogP) is 3.13. The fourth-order valence-electron chi connectivity index (χ4n) is 2.33. The molecule has 0 spiro atoms. The highest BCUT2D eigenvalue weighted by Gasteiger charge is 2.22. The van der Waals surface area contributed by atoms with E-state index in [4.69, 9.17) is 0 Å². The molecule has 0 aromatic rings. The Morgan fingerprint density at radius 2 is 1.82 bits per heavy atom. The Hall–Kier alpha value is -0.0800. The first-order valence-corrected chi connectivity index (χ1v) is 7.39. The first-order valence-electron chi connectivity index (χ1n) is 7.39. The van der Waals surface area contributed by atoms with Gasteiger partial charge in [0.15, 0.2) is 0 Å². The fourth-order valence-corrected chi connectivity index (χ4v) is 2.33. The van der Waals surface area contributed by atoms with Crippen LogP contribution < -0.4 is 5.32 Å². The van der Waals surface area contributed by atoms with E-state index in [1.165, 1.54) is 45.4 Å². The van der Waals surface area contributed by atoms with Crippen molar-refractivity contribution in [3.8, 4) is 0 Å². The second-order valence-electron chi connectivity index (χ2n) is 6.79. The molecular weight excluding hydrogens is 208 g/mol. The lowest BCUT2D eigenvalue weighted by Gasteiger charge is -2.34. The van der Waals surface area contributed by atoms with E-state index in [1.54, 1.807) is 0 Å². The molecule has 1 heterocycles. The molecule has 0 amide bonds. The summed E-state index contributed by atoms with van der Waals surface area (Å²) in [5.74, 6) is 0.746. The lowest BCUT2D eigenvalue weighted by atomic mass is 9.82. The predicted molar refractivity (Wildman–Crippen MR) is 76.4 cm³/mol. The number of nitrogens with one attached hydrogen (secondary N) is 1. The van der Waals surface area contributed by atoms with Crippen LogP contribution in [-0.2, 0) is 0 Å². The zero-order valence-corrected chi connectivity index (χ0v) is 12.6. The average molecular weight is 240 g/mol. The van der Waals surface area contributed by atoms with Gasteiger partial charge < -0.3 is 10.2 Å². The van der Waals surface area contributed by atoms with Gasteiger partial charge in [-0.05, 0) is 56.8 Å². The van der Waals surface area contributed by atoms with E-state index in [0.717, 1.165) is 12.0 Å². The Bertz CT molecular complexity index is 199. The van der Waals surface area contributed by atoms with Crippen molar-refractivity contribution in [2.24, 2.45) is 11.3 Å². The Morgan fingerprint density at radius 3 is 2.29 bits per heavy atom. The average Bonchev–Trinajstić information content (AvgIpc) is 2.27. The second-order valence-corrected chi connectivity index (χ2v) is 6.79. The van der Waals surface area contributed by atoms with E-state index in [9.17, 15) is 0 Å². The zero-order chi connectivity index (χ0) is 12.9. The highest BCUT2D eigenvalue weighted by atomic mass is 15.1. The van der Waals surface area contributed by atoms with Gasteiger partial charge >= 0.3 is 0 Å². The normalized spacial score (nSPS) is 21.7. The van der Waals surface area contributed by atoms with Crippen LogP contribution >= 0.6 is 0 Å². The van der Waals surface area contributed by atoms with Crippen molar-refractivity contribution >= 4 is 0 Å². The van der Waals surface area contributed by atoms with E-state index < -0.39 is 0 Å². The molecule has 1 N–H and O–H groups in total. The van der Waals surface area contributed by atoms with Crippen molar-refractivity contribution < 1.29 is 0 Å². The summed E-state index contributed by atoms with van der Waals surface area (Å²) in [4.78, 5) is 2.60. The molecule has 102 valence electrons. The number of rotatable bonds is 5. The van der Waals surface area contributed by atoms with Crippen LogP contribution in [0.4, 0.5) is 0 Å². The number of likely N-dealkylation sites (tertiary alicyclic amines) is 1. The Balaban J connectivity index is 2.18. The number of hydrogen-bond donors (Lipinski definition) is 1. The van der Waals surface area contributed by atoms with Gasteiger partial charge in [0, 0.05) is 6.04 Å². The van der Waals surface area contributed by atoms with Crippen molar-refractivity contribution in [1.29, 1.82) is 0 Å². The van der Waals surface area contributed by atoms with Gasteiger partial charge in [0.05, 0.1) is 0 Å². The van der Waals surface area contributed by atoms with Crippen LogP contribution in [0.1, 0.15) is 53.9 Å². The van der Waals surface area contributed by atoms with E-state index in [0.29, 0.717) is 5.41 Å². The lowest BCUT2D eigenvalue weighted by Crippen LogP contribution is -2.44. The molecule has 17 heavy (non-hydrogen) atoms. The fraction of sp³-hybridized carbons (Fsp3) is 1.00. The van der Waals surface area contributed by atoms with Gasteiger partial charge in [-0.2, -0.15) is 0 Å². The molecule has 1 rings (SSSR count).